The minimum Gasteiger partial charge on any atom is -0.394 e. The van der Waals surface area contributed by atoms with Crippen LogP contribution in [0.5, 0.6) is 0 Å². The third-order valence-corrected chi connectivity index (χ3v) is 4.95. The SMILES string of the molecule is OC[C@H]1OC(O)[C@H](n2cc(CC3CCCCC3)nn2)[C@@H](O)[C@@H]1O. The summed E-state index contributed by atoms with van der Waals surface area (Å²) in [6.45, 7) is -0.480. The van der Waals surface area contributed by atoms with E-state index in [1.807, 2.05) is 0 Å². The Morgan fingerprint density at radius 2 is 1.87 bits per heavy atom. The molecule has 1 unspecified atom stereocenters. The summed E-state index contributed by atoms with van der Waals surface area (Å²) >= 11 is 0. The molecule has 0 spiro atoms. The Hall–Kier alpha value is -1.06. The summed E-state index contributed by atoms with van der Waals surface area (Å²) in [7, 11) is 0. The van der Waals surface area contributed by atoms with Gasteiger partial charge in [0.15, 0.2) is 6.29 Å². The molecule has 8 nitrogen and oxygen atoms in total. The van der Waals surface area contributed by atoms with E-state index in [2.05, 4.69) is 10.3 Å². The van der Waals surface area contributed by atoms with Crippen LogP contribution >= 0.6 is 0 Å². The van der Waals surface area contributed by atoms with Crippen molar-refractivity contribution in [1.82, 2.24) is 15.0 Å². The molecule has 3 rings (SSSR count). The molecule has 2 fully saturated rings. The van der Waals surface area contributed by atoms with Gasteiger partial charge in [0.2, 0.25) is 0 Å². The van der Waals surface area contributed by atoms with Crippen LogP contribution in [0.3, 0.4) is 0 Å². The van der Waals surface area contributed by atoms with Crippen molar-refractivity contribution in [3.63, 3.8) is 0 Å². The van der Waals surface area contributed by atoms with Gasteiger partial charge >= 0.3 is 0 Å². The first kappa shape index (κ1) is 16.8. The summed E-state index contributed by atoms with van der Waals surface area (Å²) < 4.78 is 6.50. The van der Waals surface area contributed by atoms with Crippen molar-refractivity contribution in [3.8, 4) is 0 Å². The summed E-state index contributed by atoms with van der Waals surface area (Å²) in [6, 6.07) is -0.944. The van der Waals surface area contributed by atoms with Gasteiger partial charge in [-0.05, 0) is 12.3 Å². The molecule has 5 atom stereocenters. The van der Waals surface area contributed by atoms with Gasteiger partial charge in [0.25, 0.3) is 0 Å². The van der Waals surface area contributed by atoms with E-state index in [1.165, 1.54) is 36.8 Å². The number of rotatable bonds is 4. The van der Waals surface area contributed by atoms with E-state index < -0.39 is 37.3 Å². The highest BCUT2D eigenvalue weighted by molar-refractivity contribution is 4.99. The van der Waals surface area contributed by atoms with Crippen LogP contribution in [0.4, 0.5) is 0 Å². The van der Waals surface area contributed by atoms with Crippen LogP contribution in [0.25, 0.3) is 0 Å². The quantitative estimate of drug-likeness (QED) is 0.581. The Labute approximate surface area is 134 Å². The van der Waals surface area contributed by atoms with Crippen molar-refractivity contribution in [3.05, 3.63) is 11.9 Å². The number of hydrogen-bond donors (Lipinski definition) is 4. The molecule has 1 aliphatic heterocycles. The highest BCUT2D eigenvalue weighted by Crippen LogP contribution is 2.30. The molecular weight excluding hydrogens is 302 g/mol. The first-order valence-electron chi connectivity index (χ1n) is 8.31. The van der Waals surface area contributed by atoms with Gasteiger partial charge < -0.3 is 25.2 Å². The zero-order valence-electron chi connectivity index (χ0n) is 13.0. The average molecular weight is 327 g/mol. The Morgan fingerprint density at radius 1 is 1.13 bits per heavy atom. The Bertz CT molecular complexity index is 505. The van der Waals surface area contributed by atoms with Gasteiger partial charge in [0.05, 0.1) is 12.3 Å². The van der Waals surface area contributed by atoms with E-state index in [9.17, 15) is 15.3 Å². The van der Waals surface area contributed by atoms with Crippen molar-refractivity contribution in [1.29, 1.82) is 0 Å². The normalized spacial score (nSPS) is 36.3. The molecule has 1 aromatic heterocycles. The standard InChI is InChI=1S/C15H25N3O5/c19-8-11-13(20)14(21)12(15(22)23-11)18-7-10(16-17-18)6-9-4-2-1-3-5-9/h7,9,11-15,19-22H,1-6,8H2/t11-,12-,13-,14-,15?/m1/s1. The molecule has 2 heterocycles. The van der Waals surface area contributed by atoms with Gasteiger partial charge in [-0.15, -0.1) is 5.10 Å². The number of aliphatic hydroxyl groups excluding tert-OH is 4. The molecule has 0 aromatic carbocycles. The van der Waals surface area contributed by atoms with E-state index in [0.717, 1.165) is 12.1 Å². The summed E-state index contributed by atoms with van der Waals surface area (Å²) in [4.78, 5) is 0. The van der Waals surface area contributed by atoms with E-state index in [-0.39, 0.29) is 0 Å². The summed E-state index contributed by atoms with van der Waals surface area (Å²) in [5.74, 6) is 0.607. The third-order valence-electron chi connectivity index (χ3n) is 4.95. The predicted octanol–water partition coefficient (Wildman–Crippen LogP) is -0.627. The Kier molecular flexibility index (Phi) is 5.27. The summed E-state index contributed by atoms with van der Waals surface area (Å²) in [5.41, 5.74) is 0.815. The predicted molar refractivity (Wildman–Crippen MR) is 79.3 cm³/mol. The van der Waals surface area contributed by atoms with Gasteiger partial charge in [-0.2, -0.15) is 0 Å². The van der Waals surface area contributed by atoms with E-state index in [0.29, 0.717) is 5.92 Å². The molecule has 8 heteroatoms. The van der Waals surface area contributed by atoms with Gasteiger partial charge in [-0.1, -0.05) is 37.3 Å². The molecule has 0 bridgehead atoms. The van der Waals surface area contributed by atoms with Crippen LogP contribution in [0.2, 0.25) is 0 Å². The monoisotopic (exact) mass is 327 g/mol. The summed E-state index contributed by atoms with van der Waals surface area (Å²) in [6.07, 6.45) is 3.76. The lowest BCUT2D eigenvalue weighted by molar-refractivity contribution is -0.265. The second-order valence-corrected chi connectivity index (χ2v) is 6.62. The first-order valence-corrected chi connectivity index (χ1v) is 8.31. The molecule has 130 valence electrons. The summed E-state index contributed by atoms with van der Waals surface area (Å²) in [5, 5.41) is 47.4. The lowest BCUT2D eigenvalue weighted by Crippen LogP contribution is -2.56. The van der Waals surface area contributed by atoms with Crippen molar-refractivity contribution in [2.24, 2.45) is 5.92 Å². The van der Waals surface area contributed by atoms with Gasteiger partial charge in [0, 0.05) is 6.20 Å². The molecule has 1 aromatic rings. The molecular formula is C15H25N3O5. The van der Waals surface area contributed by atoms with Gasteiger partial charge in [0.1, 0.15) is 24.4 Å². The smallest absolute Gasteiger partial charge is 0.180 e. The number of nitrogens with zero attached hydrogens (tertiary/aromatic N) is 3. The number of aliphatic hydroxyl groups is 4. The van der Waals surface area contributed by atoms with Crippen LogP contribution in [0.15, 0.2) is 6.20 Å². The largest absolute Gasteiger partial charge is 0.394 e. The maximum absolute atomic E-state index is 10.2. The first-order chi connectivity index (χ1) is 11.1. The molecule has 23 heavy (non-hydrogen) atoms. The zero-order chi connectivity index (χ0) is 16.4. The Balaban J connectivity index is 1.69. The third kappa shape index (κ3) is 3.56. The molecule has 1 saturated heterocycles. The average Bonchev–Trinajstić information content (AvgIpc) is 3.00. The molecule has 1 aliphatic carbocycles. The van der Waals surface area contributed by atoms with E-state index >= 15 is 0 Å². The second-order valence-electron chi connectivity index (χ2n) is 6.62. The highest BCUT2D eigenvalue weighted by atomic mass is 16.6. The lowest BCUT2D eigenvalue weighted by Gasteiger charge is -2.39. The van der Waals surface area contributed by atoms with Crippen molar-refractivity contribution in [2.45, 2.75) is 69.2 Å². The van der Waals surface area contributed by atoms with E-state index in [1.54, 1.807) is 6.20 Å². The van der Waals surface area contributed by atoms with Gasteiger partial charge in [-0.25, -0.2) is 4.68 Å². The van der Waals surface area contributed by atoms with Crippen LogP contribution in [-0.2, 0) is 11.2 Å². The second kappa shape index (κ2) is 7.23. The Morgan fingerprint density at radius 3 is 2.57 bits per heavy atom. The number of aromatic nitrogens is 3. The minimum absolute atomic E-state index is 0.480. The zero-order valence-corrected chi connectivity index (χ0v) is 13.0. The maximum Gasteiger partial charge on any atom is 0.180 e. The highest BCUT2D eigenvalue weighted by Gasteiger charge is 2.45. The number of hydrogen-bond acceptors (Lipinski definition) is 7. The molecule has 0 amide bonds. The molecule has 0 radical (unpaired) electrons. The maximum atomic E-state index is 10.2. The van der Waals surface area contributed by atoms with Crippen LogP contribution < -0.4 is 0 Å². The molecule has 2 aliphatic rings. The molecule has 4 N–H and O–H groups in total. The van der Waals surface area contributed by atoms with Crippen molar-refractivity contribution < 1.29 is 25.2 Å². The van der Waals surface area contributed by atoms with Crippen LogP contribution in [0, 0.1) is 5.92 Å². The topological polar surface area (TPSA) is 121 Å². The fraction of sp³-hybridized carbons (Fsp3) is 0.867. The number of ether oxygens (including phenoxy) is 1. The molecule has 1 saturated carbocycles. The lowest BCUT2D eigenvalue weighted by atomic mass is 9.86. The van der Waals surface area contributed by atoms with Crippen molar-refractivity contribution in [2.75, 3.05) is 6.61 Å². The van der Waals surface area contributed by atoms with Gasteiger partial charge in [-0.3, -0.25) is 0 Å². The van der Waals surface area contributed by atoms with Crippen LogP contribution in [-0.4, -0.2) is 66.6 Å². The minimum atomic E-state index is -1.37. The van der Waals surface area contributed by atoms with Crippen molar-refractivity contribution >= 4 is 0 Å². The fourth-order valence-electron chi connectivity index (χ4n) is 3.61. The van der Waals surface area contributed by atoms with E-state index in [4.69, 9.17) is 9.84 Å². The van der Waals surface area contributed by atoms with Crippen LogP contribution in [0.1, 0.15) is 43.8 Å². The fourth-order valence-corrected chi connectivity index (χ4v) is 3.61.